The lowest BCUT2D eigenvalue weighted by Gasteiger charge is -2.24. The molecule has 0 aromatic rings. The minimum atomic E-state index is -3.03. The van der Waals surface area contributed by atoms with Gasteiger partial charge in [0.2, 0.25) is 18.2 Å². The van der Waals surface area contributed by atoms with E-state index in [-0.39, 0.29) is 25.2 Å². The Kier molecular flexibility index (Phi) is 10.9. The Morgan fingerprint density at radius 3 is 1.82 bits per heavy atom. The lowest BCUT2D eigenvalue weighted by Crippen LogP contribution is -2.54. The number of hydrogen-bond acceptors (Lipinski definition) is 5. The van der Waals surface area contributed by atoms with Crippen LogP contribution in [0.1, 0.15) is 46.5 Å². The number of alkyl halides is 2. The standard InChI is InChI=1S/C17H26F2N2O7/c1-8(2)6-11(21-15(25)9(3)4-5-13(22)23)16(26)20-10(7-12(18)19)14(24)17(27)28/h8-12H,4-7H2,1-3H3,(H,20,26)(H,21,25)(H,22,23)(H,27,28)/t9-,10?,11-/m0/s1. The van der Waals surface area contributed by atoms with E-state index in [1.165, 1.54) is 6.92 Å². The number of carboxylic acid groups (broad SMARTS) is 2. The molecular weight excluding hydrogens is 382 g/mol. The topological polar surface area (TPSA) is 150 Å². The van der Waals surface area contributed by atoms with Gasteiger partial charge in [-0.3, -0.25) is 19.2 Å². The van der Waals surface area contributed by atoms with Crippen molar-refractivity contribution in [3.63, 3.8) is 0 Å². The molecule has 0 radical (unpaired) electrons. The summed E-state index contributed by atoms with van der Waals surface area (Å²) in [6.07, 6.45) is -4.31. The predicted octanol–water partition coefficient (Wildman–Crippen LogP) is 0.812. The number of nitrogens with one attached hydrogen (secondary N) is 2. The average molecular weight is 408 g/mol. The lowest BCUT2D eigenvalue weighted by atomic mass is 9.99. The van der Waals surface area contributed by atoms with Crippen molar-refractivity contribution in [2.45, 2.75) is 65.0 Å². The van der Waals surface area contributed by atoms with Crippen molar-refractivity contribution < 1.29 is 43.0 Å². The summed E-state index contributed by atoms with van der Waals surface area (Å²) in [7, 11) is 0. The molecule has 1 unspecified atom stereocenters. The largest absolute Gasteiger partial charge is 0.481 e. The zero-order valence-corrected chi connectivity index (χ0v) is 15.9. The lowest BCUT2D eigenvalue weighted by molar-refractivity contribution is -0.151. The highest BCUT2D eigenvalue weighted by Crippen LogP contribution is 2.11. The number of carbonyl (C=O) groups excluding carboxylic acids is 3. The van der Waals surface area contributed by atoms with Gasteiger partial charge in [0.25, 0.3) is 5.78 Å². The first kappa shape index (κ1) is 25.4. The van der Waals surface area contributed by atoms with Crippen molar-refractivity contribution in [2.75, 3.05) is 0 Å². The molecule has 0 fully saturated rings. The highest BCUT2D eigenvalue weighted by molar-refractivity contribution is 6.35. The Labute approximate surface area is 160 Å². The summed E-state index contributed by atoms with van der Waals surface area (Å²) in [5.74, 6) is -7.04. The predicted molar refractivity (Wildman–Crippen MR) is 92.6 cm³/mol. The van der Waals surface area contributed by atoms with Crippen molar-refractivity contribution in [3.8, 4) is 0 Å². The first-order valence-corrected chi connectivity index (χ1v) is 8.72. The van der Waals surface area contributed by atoms with Crippen LogP contribution in [-0.4, -0.2) is 58.3 Å². The molecule has 160 valence electrons. The van der Waals surface area contributed by atoms with Crippen molar-refractivity contribution in [3.05, 3.63) is 0 Å². The molecule has 28 heavy (non-hydrogen) atoms. The van der Waals surface area contributed by atoms with Gasteiger partial charge in [-0.1, -0.05) is 20.8 Å². The van der Waals surface area contributed by atoms with Crippen molar-refractivity contribution in [1.82, 2.24) is 10.6 Å². The Hall–Kier alpha value is -2.59. The van der Waals surface area contributed by atoms with Crippen LogP contribution in [-0.2, 0) is 24.0 Å². The second-order valence-corrected chi connectivity index (χ2v) is 6.88. The van der Waals surface area contributed by atoms with E-state index in [9.17, 15) is 32.8 Å². The number of aliphatic carboxylic acids is 2. The summed E-state index contributed by atoms with van der Waals surface area (Å²) in [5.41, 5.74) is 0. The van der Waals surface area contributed by atoms with Crippen LogP contribution in [0.25, 0.3) is 0 Å². The first-order valence-electron chi connectivity index (χ1n) is 8.72. The Morgan fingerprint density at radius 1 is 0.857 bits per heavy atom. The van der Waals surface area contributed by atoms with E-state index in [1.54, 1.807) is 13.8 Å². The first-order chi connectivity index (χ1) is 12.8. The maximum Gasteiger partial charge on any atom is 0.374 e. The van der Waals surface area contributed by atoms with Gasteiger partial charge in [-0.15, -0.1) is 0 Å². The smallest absolute Gasteiger partial charge is 0.374 e. The van der Waals surface area contributed by atoms with Gasteiger partial charge in [-0.25, -0.2) is 13.6 Å². The second kappa shape index (κ2) is 12.0. The summed E-state index contributed by atoms with van der Waals surface area (Å²) in [4.78, 5) is 57.5. The second-order valence-electron chi connectivity index (χ2n) is 6.88. The maximum absolute atomic E-state index is 12.6. The molecule has 0 saturated carbocycles. The van der Waals surface area contributed by atoms with Crippen LogP contribution in [0.2, 0.25) is 0 Å². The highest BCUT2D eigenvalue weighted by atomic mass is 19.3. The molecule has 3 atom stereocenters. The van der Waals surface area contributed by atoms with Crippen LogP contribution in [0, 0.1) is 11.8 Å². The van der Waals surface area contributed by atoms with E-state index < -0.39 is 60.4 Å². The van der Waals surface area contributed by atoms with E-state index in [1.807, 2.05) is 5.32 Å². The fourth-order valence-electron chi connectivity index (χ4n) is 2.32. The van der Waals surface area contributed by atoms with Crippen molar-refractivity contribution in [1.29, 1.82) is 0 Å². The van der Waals surface area contributed by atoms with Gasteiger partial charge < -0.3 is 20.8 Å². The van der Waals surface area contributed by atoms with E-state index in [0.717, 1.165) is 0 Å². The van der Waals surface area contributed by atoms with Gasteiger partial charge in [0.05, 0.1) is 0 Å². The molecule has 0 aliphatic carbocycles. The van der Waals surface area contributed by atoms with Gasteiger partial charge in [-0.2, -0.15) is 0 Å². The number of amides is 2. The van der Waals surface area contributed by atoms with Crippen LogP contribution in [0.5, 0.6) is 0 Å². The van der Waals surface area contributed by atoms with Crippen molar-refractivity contribution >= 4 is 29.5 Å². The van der Waals surface area contributed by atoms with Crippen LogP contribution < -0.4 is 10.6 Å². The summed E-state index contributed by atoms with van der Waals surface area (Å²) < 4.78 is 25.2. The SMILES string of the molecule is CC(C)C[C@H](NC(=O)[C@@H](C)CCC(=O)O)C(=O)NC(CC(F)F)C(=O)C(=O)O. The number of hydrogen-bond donors (Lipinski definition) is 4. The summed E-state index contributed by atoms with van der Waals surface area (Å²) in [6, 6.07) is -3.12. The Balaban J connectivity index is 5.21. The normalized spacial score (nSPS) is 14.2. The van der Waals surface area contributed by atoms with E-state index in [4.69, 9.17) is 10.2 Å². The van der Waals surface area contributed by atoms with Crippen molar-refractivity contribution in [2.24, 2.45) is 11.8 Å². The monoisotopic (exact) mass is 408 g/mol. The van der Waals surface area contributed by atoms with Gasteiger partial charge in [-0.05, 0) is 18.8 Å². The number of Topliss-reactive ketones (excluding diaryl/α,β-unsaturated/α-hetero) is 1. The molecule has 0 saturated heterocycles. The Morgan fingerprint density at radius 2 is 1.39 bits per heavy atom. The Bertz CT molecular complexity index is 596. The molecule has 0 aromatic heterocycles. The quantitative estimate of drug-likeness (QED) is 0.329. The number of carbonyl (C=O) groups is 5. The molecule has 11 heteroatoms. The highest BCUT2D eigenvalue weighted by Gasteiger charge is 2.32. The number of carboxylic acids is 2. The zero-order valence-electron chi connectivity index (χ0n) is 15.9. The fourth-order valence-corrected chi connectivity index (χ4v) is 2.32. The molecular formula is C17H26F2N2O7. The fraction of sp³-hybridized carbons (Fsp3) is 0.706. The third-order valence-corrected chi connectivity index (χ3v) is 3.84. The van der Waals surface area contributed by atoms with Crippen LogP contribution in [0.15, 0.2) is 0 Å². The van der Waals surface area contributed by atoms with E-state index in [0.29, 0.717) is 0 Å². The molecule has 0 aliphatic heterocycles. The number of rotatable bonds is 13. The molecule has 2 amide bonds. The molecule has 0 heterocycles. The zero-order chi connectivity index (χ0) is 22.0. The van der Waals surface area contributed by atoms with Gasteiger partial charge in [0.1, 0.15) is 12.1 Å². The minimum Gasteiger partial charge on any atom is -0.481 e. The maximum atomic E-state index is 12.6. The van der Waals surface area contributed by atoms with E-state index >= 15 is 0 Å². The molecule has 0 rings (SSSR count). The number of halogens is 2. The molecule has 0 bridgehead atoms. The van der Waals surface area contributed by atoms with Crippen LogP contribution in [0.3, 0.4) is 0 Å². The van der Waals surface area contributed by atoms with Gasteiger partial charge in [0, 0.05) is 18.8 Å². The summed E-state index contributed by atoms with van der Waals surface area (Å²) >= 11 is 0. The molecule has 4 N–H and O–H groups in total. The van der Waals surface area contributed by atoms with Gasteiger partial charge in [0.15, 0.2) is 0 Å². The molecule has 0 spiro atoms. The third-order valence-electron chi connectivity index (χ3n) is 3.84. The molecule has 0 aliphatic rings. The van der Waals surface area contributed by atoms with Crippen LogP contribution in [0.4, 0.5) is 8.78 Å². The van der Waals surface area contributed by atoms with E-state index in [2.05, 4.69) is 5.32 Å². The third kappa shape index (κ3) is 9.93. The van der Waals surface area contributed by atoms with Crippen LogP contribution >= 0.6 is 0 Å². The summed E-state index contributed by atoms with van der Waals surface area (Å²) in [6.45, 7) is 4.94. The average Bonchev–Trinajstić information content (AvgIpc) is 2.56. The number of ketones is 1. The van der Waals surface area contributed by atoms with Gasteiger partial charge >= 0.3 is 11.9 Å². The molecule has 9 nitrogen and oxygen atoms in total. The summed E-state index contributed by atoms with van der Waals surface area (Å²) in [5, 5.41) is 21.8. The minimum absolute atomic E-state index is 0.0304. The molecule has 0 aromatic carbocycles.